The first kappa shape index (κ1) is 12.5. The van der Waals surface area contributed by atoms with Gasteiger partial charge in [0.2, 0.25) is 5.88 Å². The summed E-state index contributed by atoms with van der Waals surface area (Å²) in [7, 11) is 0. The summed E-state index contributed by atoms with van der Waals surface area (Å²) in [5.41, 5.74) is 9.85. The molecule has 2 aliphatic rings. The molecule has 0 spiro atoms. The number of nitrogens with zero attached hydrogens (tertiary/aromatic N) is 2. The fourth-order valence-electron chi connectivity index (χ4n) is 2.28. The van der Waals surface area contributed by atoms with Crippen molar-refractivity contribution in [2.24, 2.45) is 5.92 Å². The van der Waals surface area contributed by atoms with Crippen molar-refractivity contribution >= 4 is 11.5 Å². The van der Waals surface area contributed by atoms with Gasteiger partial charge in [-0.05, 0) is 43.7 Å². The van der Waals surface area contributed by atoms with Gasteiger partial charge in [-0.25, -0.2) is 5.01 Å². The average molecular weight is 262 g/mol. The van der Waals surface area contributed by atoms with Crippen molar-refractivity contribution in [2.45, 2.75) is 32.1 Å². The zero-order chi connectivity index (χ0) is 13.1. The molecule has 104 valence electrons. The minimum Gasteiger partial charge on any atom is -0.476 e. The molecule has 19 heavy (non-hydrogen) atoms. The van der Waals surface area contributed by atoms with Gasteiger partial charge in [-0.2, -0.15) is 4.98 Å². The van der Waals surface area contributed by atoms with Gasteiger partial charge in [-0.3, -0.25) is 0 Å². The number of aromatic nitrogens is 1. The molecular formula is C14H22N4O. The summed E-state index contributed by atoms with van der Waals surface area (Å²) >= 11 is 0. The summed E-state index contributed by atoms with van der Waals surface area (Å²) in [5.74, 6) is 2.09. The number of nitrogens with two attached hydrogens (primary N) is 1. The van der Waals surface area contributed by atoms with Crippen LogP contribution in [0, 0.1) is 5.92 Å². The van der Waals surface area contributed by atoms with Crippen molar-refractivity contribution in [3.63, 3.8) is 0 Å². The monoisotopic (exact) mass is 262 g/mol. The van der Waals surface area contributed by atoms with Crippen molar-refractivity contribution in [2.75, 3.05) is 30.9 Å². The molecule has 1 aliphatic carbocycles. The molecule has 1 aromatic heterocycles. The van der Waals surface area contributed by atoms with E-state index in [9.17, 15) is 0 Å². The maximum absolute atomic E-state index is 5.90. The first-order chi connectivity index (χ1) is 9.31. The molecule has 3 rings (SSSR count). The first-order valence-corrected chi connectivity index (χ1v) is 7.22. The lowest BCUT2D eigenvalue weighted by Gasteiger charge is -2.27. The highest BCUT2D eigenvalue weighted by Crippen LogP contribution is 2.30. The Morgan fingerprint density at radius 2 is 2.05 bits per heavy atom. The molecule has 0 radical (unpaired) electrons. The number of rotatable bonds is 5. The second-order valence-electron chi connectivity index (χ2n) is 5.50. The summed E-state index contributed by atoms with van der Waals surface area (Å²) in [5, 5.41) is 2.21. The van der Waals surface area contributed by atoms with Crippen molar-refractivity contribution in [1.82, 2.24) is 9.99 Å². The number of hydrogen-bond acceptors (Lipinski definition) is 5. The summed E-state index contributed by atoms with van der Waals surface area (Å²) < 4.78 is 5.70. The molecule has 3 N–H and O–H groups in total. The minimum absolute atomic E-state index is 0.564. The number of anilines is 2. The van der Waals surface area contributed by atoms with Gasteiger partial charge in [0.15, 0.2) is 0 Å². The lowest BCUT2D eigenvalue weighted by Crippen LogP contribution is -2.35. The van der Waals surface area contributed by atoms with Crippen LogP contribution in [0.25, 0.3) is 0 Å². The second-order valence-corrected chi connectivity index (χ2v) is 5.50. The van der Waals surface area contributed by atoms with Crippen LogP contribution in [0.4, 0.5) is 11.5 Å². The van der Waals surface area contributed by atoms with Crippen LogP contribution in [0.3, 0.4) is 0 Å². The van der Waals surface area contributed by atoms with E-state index in [1.807, 2.05) is 12.1 Å². The first-order valence-electron chi connectivity index (χ1n) is 7.22. The third kappa shape index (κ3) is 3.50. The Morgan fingerprint density at radius 3 is 2.79 bits per heavy atom. The fourth-order valence-corrected chi connectivity index (χ4v) is 2.28. The van der Waals surface area contributed by atoms with E-state index in [0.717, 1.165) is 25.5 Å². The van der Waals surface area contributed by atoms with Gasteiger partial charge in [-0.1, -0.05) is 6.42 Å². The largest absolute Gasteiger partial charge is 0.476 e. The second kappa shape index (κ2) is 5.65. The predicted molar refractivity (Wildman–Crippen MR) is 75.9 cm³/mol. The zero-order valence-corrected chi connectivity index (χ0v) is 11.3. The maximum atomic E-state index is 5.90. The van der Waals surface area contributed by atoms with E-state index in [4.69, 9.17) is 10.5 Å². The number of hydrogen-bond donors (Lipinski definition) is 2. The van der Waals surface area contributed by atoms with E-state index in [1.54, 1.807) is 0 Å². The van der Waals surface area contributed by atoms with Gasteiger partial charge >= 0.3 is 0 Å². The Hall–Kier alpha value is -1.49. The normalized spacial score (nSPS) is 20.2. The summed E-state index contributed by atoms with van der Waals surface area (Å²) in [6.07, 6.45) is 6.35. The number of ether oxygens (including phenoxy) is 1. The van der Waals surface area contributed by atoms with Crippen molar-refractivity contribution in [3.05, 3.63) is 12.1 Å². The van der Waals surface area contributed by atoms with Crippen LogP contribution in [0.2, 0.25) is 0 Å². The van der Waals surface area contributed by atoms with Crippen LogP contribution in [-0.2, 0) is 0 Å². The molecule has 0 aromatic carbocycles. The molecule has 0 atom stereocenters. The fraction of sp³-hybridized carbons (Fsp3) is 0.643. The van der Waals surface area contributed by atoms with Gasteiger partial charge in [0, 0.05) is 13.1 Å². The standard InChI is InChI=1S/C14H22N4O/c15-12-6-7-13(17-18-8-2-1-3-9-18)16-14(12)19-10-11-4-5-11/h6-7,11H,1-5,8-10,15H2,(H,16,17). The highest BCUT2D eigenvalue weighted by molar-refractivity contribution is 5.53. The van der Waals surface area contributed by atoms with Crippen LogP contribution >= 0.6 is 0 Å². The molecule has 1 saturated carbocycles. The third-order valence-electron chi connectivity index (χ3n) is 3.67. The van der Waals surface area contributed by atoms with Gasteiger partial charge < -0.3 is 15.9 Å². The zero-order valence-electron chi connectivity index (χ0n) is 11.3. The van der Waals surface area contributed by atoms with Gasteiger partial charge in [0.25, 0.3) is 0 Å². The lowest BCUT2D eigenvalue weighted by molar-refractivity contribution is 0.269. The third-order valence-corrected chi connectivity index (χ3v) is 3.67. The number of pyridine rings is 1. The molecule has 5 nitrogen and oxygen atoms in total. The van der Waals surface area contributed by atoms with Crippen LogP contribution < -0.4 is 15.9 Å². The Bertz CT molecular complexity index is 427. The van der Waals surface area contributed by atoms with E-state index in [0.29, 0.717) is 17.5 Å². The van der Waals surface area contributed by atoms with Crippen LogP contribution in [-0.4, -0.2) is 29.7 Å². The summed E-state index contributed by atoms with van der Waals surface area (Å²) in [6.45, 7) is 2.89. The molecule has 0 amide bonds. The lowest BCUT2D eigenvalue weighted by atomic mass is 10.2. The quantitative estimate of drug-likeness (QED) is 0.852. The topological polar surface area (TPSA) is 63.4 Å². The van der Waals surface area contributed by atoms with Gasteiger partial charge in [0.05, 0.1) is 12.3 Å². The number of piperidine rings is 1. The van der Waals surface area contributed by atoms with E-state index >= 15 is 0 Å². The molecule has 2 fully saturated rings. The summed E-state index contributed by atoms with van der Waals surface area (Å²) in [4.78, 5) is 4.47. The van der Waals surface area contributed by atoms with E-state index in [-0.39, 0.29) is 0 Å². The predicted octanol–water partition coefficient (Wildman–Crippen LogP) is 2.27. The Morgan fingerprint density at radius 1 is 1.26 bits per heavy atom. The summed E-state index contributed by atoms with van der Waals surface area (Å²) in [6, 6.07) is 3.77. The molecule has 1 aromatic rings. The Labute approximate surface area is 114 Å². The van der Waals surface area contributed by atoms with Gasteiger partial charge in [-0.15, -0.1) is 0 Å². The molecule has 1 saturated heterocycles. The maximum Gasteiger partial charge on any atom is 0.239 e. The van der Waals surface area contributed by atoms with Crippen LogP contribution in [0.5, 0.6) is 5.88 Å². The van der Waals surface area contributed by atoms with Crippen LogP contribution in [0.15, 0.2) is 12.1 Å². The SMILES string of the molecule is Nc1ccc(NN2CCCCC2)nc1OCC1CC1. The average Bonchev–Trinajstić information content (AvgIpc) is 3.25. The molecule has 0 bridgehead atoms. The number of nitrogen functional groups attached to an aromatic ring is 1. The van der Waals surface area contributed by atoms with Crippen LogP contribution in [0.1, 0.15) is 32.1 Å². The number of nitrogens with one attached hydrogen (secondary N) is 1. The molecular weight excluding hydrogens is 240 g/mol. The number of hydrazine groups is 1. The van der Waals surface area contributed by atoms with Crippen molar-refractivity contribution in [1.29, 1.82) is 0 Å². The molecule has 2 heterocycles. The Kier molecular flexibility index (Phi) is 3.73. The highest BCUT2D eigenvalue weighted by Gasteiger charge is 2.22. The van der Waals surface area contributed by atoms with Crippen molar-refractivity contribution < 1.29 is 4.74 Å². The molecule has 1 aliphatic heterocycles. The Balaban J connectivity index is 1.61. The minimum atomic E-state index is 0.564. The van der Waals surface area contributed by atoms with Gasteiger partial charge in [0.1, 0.15) is 5.82 Å². The van der Waals surface area contributed by atoms with E-state index in [2.05, 4.69) is 15.4 Å². The van der Waals surface area contributed by atoms with E-state index < -0.39 is 0 Å². The highest BCUT2D eigenvalue weighted by atomic mass is 16.5. The smallest absolute Gasteiger partial charge is 0.239 e. The van der Waals surface area contributed by atoms with Crippen molar-refractivity contribution in [3.8, 4) is 5.88 Å². The molecule has 0 unspecified atom stereocenters. The molecule has 5 heteroatoms. The van der Waals surface area contributed by atoms with E-state index in [1.165, 1.54) is 32.1 Å².